The van der Waals surface area contributed by atoms with E-state index in [0.29, 0.717) is 12.1 Å². The summed E-state index contributed by atoms with van der Waals surface area (Å²) in [5, 5.41) is 3.33. The van der Waals surface area contributed by atoms with Crippen LogP contribution in [0.3, 0.4) is 0 Å². The Hall–Kier alpha value is -1.03. The third-order valence-corrected chi connectivity index (χ3v) is 3.08. The highest BCUT2D eigenvalue weighted by molar-refractivity contribution is 5.34. The maximum absolute atomic E-state index is 4.45. The molecule has 0 radical (unpaired) electrons. The zero-order chi connectivity index (χ0) is 10.8. The van der Waals surface area contributed by atoms with Gasteiger partial charge in [0.15, 0.2) is 0 Å². The Morgan fingerprint density at radius 1 is 1.53 bits per heavy atom. The summed E-state index contributed by atoms with van der Waals surface area (Å²) in [4.78, 5) is 6.81. The molecule has 1 N–H and O–H groups in total. The molecule has 1 saturated heterocycles. The first kappa shape index (κ1) is 10.5. The van der Waals surface area contributed by atoms with Gasteiger partial charge in [-0.25, -0.2) is 4.98 Å². The average Bonchev–Trinajstić information content (AvgIpc) is 2.85. The van der Waals surface area contributed by atoms with E-state index >= 15 is 0 Å². The van der Waals surface area contributed by atoms with Crippen LogP contribution in [-0.2, 0) is 0 Å². The molecule has 84 valence electrons. The fourth-order valence-corrected chi connectivity index (χ4v) is 2.13. The van der Waals surface area contributed by atoms with Crippen LogP contribution >= 0.6 is 0 Å². The van der Waals surface area contributed by atoms with E-state index in [0.717, 1.165) is 19.0 Å². The largest absolute Gasteiger partial charge is 0.341 e. The van der Waals surface area contributed by atoms with Gasteiger partial charge in [-0.15, -0.1) is 0 Å². The molecule has 1 atom stereocenters. The minimum Gasteiger partial charge on any atom is -0.341 e. The van der Waals surface area contributed by atoms with E-state index < -0.39 is 0 Å². The van der Waals surface area contributed by atoms with Crippen LogP contribution in [0.5, 0.6) is 0 Å². The van der Waals surface area contributed by atoms with Gasteiger partial charge < -0.3 is 14.8 Å². The first-order chi connectivity index (χ1) is 7.22. The third kappa shape index (κ3) is 2.00. The fraction of sp³-hybridized carbons (Fsp3) is 0.727. The molecule has 2 heterocycles. The number of rotatable bonds is 3. The number of imidazole rings is 1. The van der Waals surface area contributed by atoms with E-state index in [-0.39, 0.29) is 0 Å². The molecule has 0 aliphatic carbocycles. The van der Waals surface area contributed by atoms with Crippen LogP contribution in [0, 0.1) is 0 Å². The topological polar surface area (TPSA) is 33.1 Å². The fourth-order valence-electron chi connectivity index (χ4n) is 2.13. The highest BCUT2D eigenvalue weighted by atomic mass is 15.3. The Bertz CT molecular complexity index is 318. The molecule has 4 nitrogen and oxygen atoms in total. The lowest BCUT2D eigenvalue weighted by atomic mass is 10.3. The van der Waals surface area contributed by atoms with Gasteiger partial charge in [0.25, 0.3) is 0 Å². The molecule has 15 heavy (non-hydrogen) atoms. The second-order valence-electron chi connectivity index (χ2n) is 4.45. The van der Waals surface area contributed by atoms with Gasteiger partial charge in [-0.2, -0.15) is 0 Å². The van der Waals surface area contributed by atoms with Gasteiger partial charge in [0.1, 0.15) is 0 Å². The summed E-state index contributed by atoms with van der Waals surface area (Å²) < 4.78 is 2.23. The predicted molar refractivity (Wildman–Crippen MR) is 62.3 cm³/mol. The molecule has 0 aromatic carbocycles. The Labute approximate surface area is 91.3 Å². The maximum atomic E-state index is 4.45. The van der Waals surface area contributed by atoms with E-state index in [1.807, 2.05) is 13.2 Å². The van der Waals surface area contributed by atoms with Crippen molar-refractivity contribution in [2.75, 3.05) is 25.0 Å². The number of hydrogen-bond donors (Lipinski definition) is 1. The number of nitrogens with one attached hydrogen (secondary N) is 1. The van der Waals surface area contributed by atoms with Gasteiger partial charge in [-0.3, -0.25) is 0 Å². The molecule has 1 aliphatic heterocycles. The molecule has 0 amide bonds. The molecule has 4 heteroatoms. The number of nitrogens with zero attached hydrogens (tertiary/aromatic N) is 3. The third-order valence-electron chi connectivity index (χ3n) is 3.08. The molecular weight excluding hydrogens is 188 g/mol. The van der Waals surface area contributed by atoms with Crippen LogP contribution in [-0.4, -0.2) is 35.7 Å². The van der Waals surface area contributed by atoms with E-state index in [9.17, 15) is 0 Å². The second kappa shape index (κ2) is 4.23. The molecule has 0 spiro atoms. The van der Waals surface area contributed by atoms with Crippen molar-refractivity contribution in [3.05, 3.63) is 12.4 Å². The van der Waals surface area contributed by atoms with Crippen LogP contribution in [0.25, 0.3) is 0 Å². The average molecular weight is 208 g/mol. The van der Waals surface area contributed by atoms with Crippen molar-refractivity contribution in [2.24, 2.45) is 0 Å². The Balaban J connectivity index is 2.13. The van der Waals surface area contributed by atoms with Gasteiger partial charge in [0.05, 0.1) is 0 Å². The maximum Gasteiger partial charge on any atom is 0.205 e. The van der Waals surface area contributed by atoms with Crippen molar-refractivity contribution in [1.29, 1.82) is 0 Å². The molecule has 2 rings (SSSR count). The summed E-state index contributed by atoms with van der Waals surface area (Å²) in [5.74, 6) is 1.11. The van der Waals surface area contributed by atoms with Crippen LogP contribution in [0.2, 0.25) is 0 Å². The molecule has 1 aliphatic rings. The van der Waals surface area contributed by atoms with Crippen molar-refractivity contribution >= 4 is 5.95 Å². The van der Waals surface area contributed by atoms with E-state index in [1.165, 1.54) is 6.42 Å². The second-order valence-corrected chi connectivity index (χ2v) is 4.45. The number of hydrogen-bond acceptors (Lipinski definition) is 3. The van der Waals surface area contributed by atoms with Crippen LogP contribution in [0.15, 0.2) is 12.4 Å². The lowest BCUT2D eigenvalue weighted by Gasteiger charge is -2.21. The predicted octanol–water partition coefficient (Wildman–Crippen LogP) is 1.26. The SMILES string of the molecule is CNC1CCN(c2nccn2C(C)C)C1. The summed E-state index contributed by atoms with van der Waals surface area (Å²) in [6.45, 7) is 6.56. The standard InChI is InChI=1S/C11H20N4/c1-9(2)15-7-5-13-11(15)14-6-4-10(8-14)12-3/h5,7,9-10,12H,4,6,8H2,1-3H3. The molecule has 1 unspecified atom stereocenters. The summed E-state index contributed by atoms with van der Waals surface area (Å²) in [6.07, 6.45) is 5.16. The zero-order valence-electron chi connectivity index (χ0n) is 9.77. The van der Waals surface area contributed by atoms with Gasteiger partial charge in [0.2, 0.25) is 5.95 Å². The van der Waals surface area contributed by atoms with Gasteiger partial charge in [-0.1, -0.05) is 0 Å². The normalized spacial score (nSPS) is 21.6. The molecule has 1 fully saturated rings. The van der Waals surface area contributed by atoms with Crippen molar-refractivity contribution < 1.29 is 0 Å². The number of aromatic nitrogens is 2. The minimum absolute atomic E-state index is 0.483. The highest BCUT2D eigenvalue weighted by Gasteiger charge is 2.24. The van der Waals surface area contributed by atoms with Gasteiger partial charge >= 0.3 is 0 Å². The van der Waals surface area contributed by atoms with Crippen LogP contribution < -0.4 is 10.2 Å². The Morgan fingerprint density at radius 2 is 2.33 bits per heavy atom. The highest BCUT2D eigenvalue weighted by Crippen LogP contribution is 2.21. The molecule has 0 bridgehead atoms. The van der Waals surface area contributed by atoms with Gasteiger partial charge in [-0.05, 0) is 27.3 Å². The Morgan fingerprint density at radius 3 is 2.93 bits per heavy atom. The molecular formula is C11H20N4. The summed E-state index contributed by atoms with van der Waals surface area (Å²) in [6, 6.07) is 1.10. The first-order valence-corrected chi connectivity index (χ1v) is 5.67. The number of anilines is 1. The van der Waals surface area contributed by atoms with E-state index in [2.05, 4.69) is 39.8 Å². The van der Waals surface area contributed by atoms with Crippen molar-refractivity contribution in [3.63, 3.8) is 0 Å². The zero-order valence-corrected chi connectivity index (χ0v) is 9.77. The lowest BCUT2D eigenvalue weighted by Crippen LogP contribution is -2.31. The van der Waals surface area contributed by atoms with Crippen LogP contribution in [0.4, 0.5) is 5.95 Å². The minimum atomic E-state index is 0.483. The molecule has 1 aromatic rings. The summed E-state index contributed by atoms with van der Waals surface area (Å²) in [7, 11) is 2.03. The monoisotopic (exact) mass is 208 g/mol. The van der Waals surface area contributed by atoms with E-state index in [4.69, 9.17) is 0 Å². The summed E-state index contributed by atoms with van der Waals surface area (Å²) >= 11 is 0. The van der Waals surface area contributed by atoms with Crippen molar-refractivity contribution in [2.45, 2.75) is 32.4 Å². The van der Waals surface area contributed by atoms with E-state index in [1.54, 1.807) is 0 Å². The number of likely N-dealkylation sites (N-methyl/N-ethyl adjacent to an activating group) is 1. The lowest BCUT2D eigenvalue weighted by molar-refractivity contribution is 0.586. The first-order valence-electron chi connectivity index (χ1n) is 5.67. The van der Waals surface area contributed by atoms with Crippen molar-refractivity contribution in [3.8, 4) is 0 Å². The Kier molecular flexibility index (Phi) is 2.95. The summed E-state index contributed by atoms with van der Waals surface area (Å²) in [5.41, 5.74) is 0. The van der Waals surface area contributed by atoms with Crippen LogP contribution in [0.1, 0.15) is 26.3 Å². The van der Waals surface area contributed by atoms with Crippen molar-refractivity contribution in [1.82, 2.24) is 14.9 Å². The quantitative estimate of drug-likeness (QED) is 0.812. The van der Waals surface area contributed by atoms with Gasteiger partial charge in [0, 0.05) is 37.6 Å². The smallest absolute Gasteiger partial charge is 0.205 e. The molecule has 0 saturated carbocycles. The molecule has 1 aromatic heterocycles.